The zero-order valence-corrected chi connectivity index (χ0v) is 22.4. The average molecular weight is 525 g/mol. The standard InChI is InChI=1S/C26H32N6O4S/c1-15-13-26(4,5)32(14-15)24-19(25(33)31-37(34,35)21-7-6-10-29-23(21)27)8-9-20(30-24)18-11-16(2)22(36-28)17(3)12-18/h6-12,15H,13-14,28H2,1-5H3,(H2,27,29)(H,31,33)/t15-/m0/s1. The number of carbonyl (C=O) groups is 1. The summed E-state index contributed by atoms with van der Waals surface area (Å²) in [7, 11) is -4.26. The Balaban J connectivity index is 1.81. The van der Waals surface area contributed by atoms with Crippen molar-refractivity contribution < 1.29 is 18.0 Å². The third-order valence-electron chi connectivity index (χ3n) is 6.64. The van der Waals surface area contributed by atoms with Gasteiger partial charge in [0.2, 0.25) is 0 Å². The summed E-state index contributed by atoms with van der Waals surface area (Å²) in [5.74, 6) is 5.79. The first-order chi connectivity index (χ1) is 17.3. The number of hydrogen-bond acceptors (Lipinski definition) is 9. The fourth-order valence-corrected chi connectivity index (χ4v) is 6.15. The van der Waals surface area contributed by atoms with Crippen LogP contribution in [0.5, 0.6) is 5.75 Å². The summed E-state index contributed by atoms with van der Waals surface area (Å²) in [6.45, 7) is 10.8. The van der Waals surface area contributed by atoms with E-state index in [0.717, 1.165) is 23.1 Å². The molecule has 1 fully saturated rings. The highest BCUT2D eigenvalue weighted by Gasteiger charge is 2.39. The van der Waals surface area contributed by atoms with Crippen molar-refractivity contribution in [3.63, 3.8) is 0 Å². The predicted octanol–water partition coefficient (Wildman–Crippen LogP) is 3.34. The van der Waals surface area contributed by atoms with Crippen LogP contribution in [-0.4, -0.2) is 36.4 Å². The van der Waals surface area contributed by atoms with Crippen LogP contribution >= 0.6 is 0 Å². The second-order valence-electron chi connectivity index (χ2n) is 10.2. The number of anilines is 2. The Labute approximate surface area is 217 Å². The Morgan fingerprint density at radius 1 is 1.19 bits per heavy atom. The average Bonchev–Trinajstić information content (AvgIpc) is 3.09. The van der Waals surface area contributed by atoms with E-state index in [1.54, 1.807) is 12.1 Å². The monoisotopic (exact) mass is 524 g/mol. The molecule has 0 saturated carbocycles. The number of hydrogen-bond donors (Lipinski definition) is 3. The van der Waals surface area contributed by atoms with Crippen LogP contribution < -0.4 is 26.1 Å². The minimum Gasteiger partial charge on any atom is -0.411 e. The van der Waals surface area contributed by atoms with E-state index >= 15 is 0 Å². The molecule has 5 N–H and O–H groups in total. The maximum Gasteiger partial charge on any atom is 0.268 e. The number of nitrogens with one attached hydrogen (secondary N) is 1. The van der Waals surface area contributed by atoms with Crippen LogP contribution in [0.2, 0.25) is 0 Å². The van der Waals surface area contributed by atoms with Crippen molar-refractivity contribution in [2.75, 3.05) is 17.2 Å². The van der Waals surface area contributed by atoms with Gasteiger partial charge < -0.3 is 15.5 Å². The molecule has 1 aliphatic rings. The molecule has 0 aliphatic carbocycles. The molecule has 1 amide bonds. The summed E-state index contributed by atoms with van der Waals surface area (Å²) in [6, 6.07) is 9.86. The van der Waals surface area contributed by atoms with Crippen LogP contribution in [0.1, 0.15) is 48.7 Å². The largest absolute Gasteiger partial charge is 0.411 e. The summed E-state index contributed by atoms with van der Waals surface area (Å²) in [5, 5.41) is 0. The van der Waals surface area contributed by atoms with Gasteiger partial charge in [0.25, 0.3) is 15.9 Å². The third-order valence-corrected chi connectivity index (χ3v) is 8.02. The normalized spacial score (nSPS) is 17.0. The number of rotatable bonds is 6. The van der Waals surface area contributed by atoms with E-state index in [2.05, 4.69) is 35.4 Å². The molecule has 2 aromatic heterocycles. The molecule has 10 nitrogen and oxygen atoms in total. The molecule has 1 atom stereocenters. The maximum absolute atomic E-state index is 13.4. The molecule has 0 radical (unpaired) electrons. The molecular formula is C26H32N6O4S. The molecule has 196 valence electrons. The van der Waals surface area contributed by atoms with E-state index in [1.165, 1.54) is 18.3 Å². The number of sulfonamides is 1. The van der Waals surface area contributed by atoms with Crippen molar-refractivity contribution in [2.24, 2.45) is 11.8 Å². The first-order valence-electron chi connectivity index (χ1n) is 11.9. The maximum atomic E-state index is 13.4. The number of nitrogen functional groups attached to an aromatic ring is 1. The smallest absolute Gasteiger partial charge is 0.268 e. The van der Waals surface area contributed by atoms with Crippen molar-refractivity contribution in [1.82, 2.24) is 14.7 Å². The molecule has 4 rings (SSSR count). The van der Waals surface area contributed by atoms with Crippen LogP contribution in [0.15, 0.2) is 47.5 Å². The summed E-state index contributed by atoms with van der Waals surface area (Å²) >= 11 is 0. The Kier molecular flexibility index (Phi) is 6.87. The number of benzene rings is 1. The van der Waals surface area contributed by atoms with Gasteiger partial charge in [0.15, 0.2) is 5.75 Å². The lowest BCUT2D eigenvalue weighted by Gasteiger charge is -2.34. The molecular weight excluding hydrogens is 492 g/mol. The lowest BCUT2D eigenvalue weighted by atomic mass is 9.97. The summed E-state index contributed by atoms with van der Waals surface area (Å²) < 4.78 is 28.1. The first kappa shape index (κ1) is 26.4. The Morgan fingerprint density at radius 2 is 1.86 bits per heavy atom. The van der Waals surface area contributed by atoms with Crippen LogP contribution in [0.25, 0.3) is 11.3 Å². The number of aryl methyl sites for hydroxylation is 2. The Morgan fingerprint density at radius 3 is 2.43 bits per heavy atom. The molecule has 0 spiro atoms. The molecule has 11 heteroatoms. The summed E-state index contributed by atoms with van der Waals surface area (Å²) in [4.78, 5) is 28.9. The second-order valence-corrected chi connectivity index (χ2v) is 11.8. The summed E-state index contributed by atoms with van der Waals surface area (Å²) in [5.41, 5.74) is 8.75. The lowest BCUT2D eigenvalue weighted by molar-refractivity contribution is 0.0981. The Bertz CT molecular complexity index is 1450. The molecule has 1 aromatic carbocycles. The van der Waals surface area contributed by atoms with Crippen molar-refractivity contribution in [2.45, 2.75) is 51.5 Å². The number of amides is 1. The van der Waals surface area contributed by atoms with Gasteiger partial charge >= 0.3 is 0 Å². The number of nitrogens with zero attached hydrogens (tertiary/aromatic N) is 3. The highest BCUT2D eigenvalue weighted by atomic mass is 32.2. The number of nitrogens with two attached hydrogens (primary N) is 2. The predicted molar refractivity (Wildman–Crippen MR) is 142 cm³/mol. The fraction of sp³-hybridized carbons (Fsp3) is 0.346. The zero-order valence-electron chi connectivity index (χ0n) is 21.6. The highest BCUT2D eigenvalue weighted by molar-refractivity contribution is 7.90. The molecule has 1 saturated heterocycles. The fourth-order valence-electron chi connectivity index (χ4n) is 5.10. The van der Waals surface area contributed by atoms with E-state index in [4.69, 9.17) is 21.5 Å². The quantitative estimate of drug-likeness (QED) is 0.412. The van der Waals surface area contributed by atoms with E-state index in [1.807, 2.05) is 26.0 Å². The third kappa shape index (κ3) is 5.09. The number of carbonyl (C=O) groups excluding carboxylic acids is 1. The van der Waals surface area contributed by atoms with Gasteiger partial charge in [-0.3, -0.25) is 4.79 Å². The van der Waals surface area contributed by atoms with E-state index in [-0.39, 0.29) is 21.8 Å². The molecule has 37 heavy (non-hydrogen) atoms. The van der Waals surface area contributed by atoms with Gasteiger partial charge in [0, 0.05) is 23.8 Å². The van der Waals surface area contributed by atoms with Crippen LogP contribution in [0.3, 0.4) is 0 Å². The molecule has 1 aliphatic heterocycles. The minimum atomic E-state index is -4.26. The van der Waals surface area contributed by atoms with Crippen LogP contribution in [-0.2, 0) is 10.0 Å². The second kappa shape index (κ2) is 9.64. The first-order valence-corrected chi connectivity index (χ1v) is 13.4. The van der Waals surface area contributed by atoms with Gasteiger partial charge in [-0.25, -0.2) is 23.1 Å². The van der Waals surface area contributed by atoms with Gasteiger partial charge in [0.1, 0.15) is 16.5 Å². The zero-order chi connectivity index (χ0) is 27.1. The minimum absolute atomic E-state index is 0.146. The van der Waals surface area contributed by atoms with Crippen molar-refractivity contribution in [3.8, 4) is 17.0 Å². The van der Waals surface area contributed by atoms with Gasteiger partial charge in [0.05, 0.1) is 11.3 Å². The molecule has 0 unspecified atom stereocenters. The number of aromatic nitrogens is 2. The molecule has 3 heterocycles. The van der Waals surface area contributed by atoms with Crippen molar-refractivity contribution in [1.29, 1.82) is 0 Å². The van der Waals surface area contributed by atoms with Gasteiger partial charge in [-0.05, 0) is 87.6 Å². The SMILES string of the molecule is Cc1cc(-c2ccc(C(=O)NS(=O)(=O)c3cccnc3N)c(N3C[C@@H](C)CC3(C)C)n2)cc(C)c1ON. The highest BCUT2D eigenvalue weighted by Crippen LogP contribution is 2.39. The van der Waals surface area contributed by atoms with Crippen molar-refractivity contribution >= 4 is 27.6 Å². The van der Waals surface area contributed by atoms with Gasteiger partial charge in [-0.1, -0.05) is 6.92 Å². The molecule has 0 bridgehead atoms. The number of pyridine rings is 2. The molecule has 3 aromatic rings. The van der Waals surface area contributed by atoms with Gasteiger partial charge in [-0.2, -0.15) is 5.90 Å². The van der Waals surface area contributed by atoms with E-state index in [9.17, 15) is 13.2 Å². The van der Waals surface area contributed by atoms with E-state index in [0.29, 0.717) is 29.7 Å². The van der Waals surface area contributed by atoms with Crippen LogP contribution in [0.4, 0.5) is 11.6 Å². The van der Waals surface area contributed by atoms with Crippen LogP contribution in [0, 0.1) is 19.8 Å². The Hall–Kier alpha value is -3.70. The lowest BCUT2D eigenvalue weighted by Crippen LogP contribution is -2.41. The van der Waals surface area contributed by atoms with Gasteiger partial charge in [-0.15, -0.1) is 0 Å². The van der Waals surface area contributed by atoms with Crippen molar-refractivity contribution in [3.05, 3.63) is 59.3 Å². The topological polar surface area (TPSA) is 154 Å². The summed E-state index contributed by atoms with van der Waals surface area (Å²) in [6.07, 6.45) is 2.27. The van der Waals surface area contributed by atoms with E-state index < -0.39 is 15.9 Å².